The van der Waals surface area contributed by atoms with Gasteiger partial charge in [0.1, 0.15) is 0 Å². The lowest BCUT2D eigenvalue weighted by atomic mass is 9.99. The first-order valence-electron chi connectivity index (χ1n) is 7.14. The van der Waals surface area contributed by atoms with Gasteiger partial charge >= 0.3 is 5.97 Å². The lowest BCUT2D eigenvalue weighted by Crippen LogP contribution is -2.07. The minimum absolute atomic E-state index is 0.0624. The molecule has 6 heteroatoms. The average molecular weight is 332 g/mol. The van der Waals surface area contributed by atoms with Gasteiger partial charge in [-0.05, 0) is 28.8 Å². The van der Waals surface area contributed by atoms with E-state index >= 15 is 0 Å². The van der Waals surface area contributed by atoms with Gasteiger partial charge in [0, 0.05) is 6.42 Å². The summed E-state index contributed by atoms with van der Waals surface area (Å²) in [7, 11) is -2.40. The highest BCUT2D eigenvalue weighted by molar-refractivity contribution is 7.91. The van der Waals surface area contributed by atoms with Crippen molar-refractivity contribution < 1.29 is 23.1 Å². The summed E-state index contributed by atoms with van der Waals surface area (Å²) in [5.41, 5.74) is 1.57. The fraction of sp³-hybridized carbons (Fsp3) is 0.235. The second-order valence-corrected chi connectivity index (χ2v) is 7.34. The van der Waals surface area contributed by atoms with Crippen molar-refractivity contribution in [3.05, 3.63) is 59.2 Å². The molecule has 1 aliphatic heterocycles. The zero-order chi connectivity index (χ0) is 16.6. The highest BCUT2D eigenvalue weighted by Crippen LogP contribution is 2.36. The molecule has 0 saturated carbocycles. The van der Waals surface area contributed by atoms with Gasteiger partial charge < -0.3 is 9.84 Å². The second-order valence-electron chi connectivity index (χ2n) is 5.46. The van der Waals surface area contributed by atoms with Crippen LogP contribution in [-0.4, -0.2) is 26.6 Å². The average Bonchev–Trinajstić information content (AvgIpc) is 2.61. The van der Waals surface area contributed by atoms with Crippen LogP contribution in [0.5, 0.6) is 0 Å². The molecule has 1 atom stereocenters. The number of carbonyl (C=O) groups excluding carboxylic acids is 1. The minimum atomic E-state index is -3.70. The molecule has 0 radical (unpaired) electrons. The van der Waals surface area contributed by atoms with E-state index in [0.717, 1.165) is 0 Å². The summed E-state index contributed by atoms with van der Waals surface area (Å²) in [6.45, 7) is 0. The van der Waals surface area contributed by atoms with Crippen molar-refractivity contribution in [3.8, 4) is 0 Å². The maximum absolute atomic E-state index is 12.8. The summed E-state index contributed by atoms with van der Waals surface area (Å²) in [5.74, 6) is -0.398. The van der Waals surface area contributed by atoms with E-state index < -0.39 is 21.9 Å². The van der Waals surface area contributed by atoms with Gasteiger partial charge in [0.05, 0.1) is 29.4 Å². The van der Waals surface area contributed by atoms with Gasteiger partial charge in [-0.25, -0.2) is 8.42 Å². The fourth-order valence-electron chi connectivity index (χ4n) is 2.84. The first-order chi connectivity index (χ1) is 10.9. The number of methoxy groups -OCH3 is 1. The van der Waals surface area contributed by atoms with E-state index in [9.17, 15) is 18.3 Å². The number of hydrogen-bond acceptors (Lipinski definition) is 5. The van der Waals surface area contributed by atoms with Crippen molar-refractivity contribution in [2.75, 3.05) is 7.11 Å². The van der Waals surface area contributed by atoms with Crippen LogP contribution in [0.15, 0.2) is 52.3 Å². The van der Waals surface area contributed by atoms with Gasteiger partial charge in [0.25, 0.3) is 0 Å². The SMILES string of the molecule is COC(=O)Cc1ccc2c(c1)CC(O)c1ccccc1S2(=O)=O. The molecule has 1 aliphatic rings. The number of ether oxygens (including phenoxy) is 1. The summed E-state index contributed by atoms with van der Waals surface area (Å²) in [4.78, 5) is 11.7. The normalized spacial score (nSPS) is 18.4. The molecule has 1 N–H and O–H groups in total. The van der Waals surface area contributed by atoms with Crippen molar-refractivity contribution in [1.82, 2.24) is 0 Å². The van der Waals surface area contributed by atoms with Crippen molar-refractivity contribution in [1.29, 1.82) is 0 Å². The lowest BCUT2D eigenvalue weighted by molar-refractivity contribution is -0.139. The van der Waals surface area contributed by atoms with Gasteiger partial charge in [0.15, 0.2) is 0 Å². The molecule has 2 aromatic rings. The molecule has 0 saturated heterocycles. The zero-order valence-corrected chi connectivity index (χ0v) is 13.3. The van der Waals surface area contributed by atoms with Gasteiger partial charge in [-0.15, -0.1) is 0 Å². The molecular weight excluding hydrogens is 316 g/mol. The van der Waals surface area contributed by atoms with E-state index in [0.29, 0.717) is 16.7 Å². The quantitative estimate of drug-likeness (QED) is 0.849. The van der Waals surface area contributed by atoms with E-state index in [2.05, 4.69) is 4.74 Å². The predicted molar refractivity (Wildman–Crippen MR) is 82.7 cm³/mol. The maximum atomic E-state index is 12.8. The Kier molecular flexibility index (Phi) is 3.95. The highest BCUT2D eigenvalue weighted by atomic mass is 32.2. The molecule has 3 rings (SSSR count). The summed E-state index contributed by atoms with van der Waals surface area (Å²) in [6, 6.07) is 11.2. The fourth-order valence-corrected chi connectivity index (χ4v) is 4.58. The first-order valence-corrected chi connectivity index (χ1v) is 8.62. The molecule has 0 bridgehead atoms. The Labute approximate surface area is 134 Å². The minimum Gasteiger partial charge on any atom is -0.469 e. The Morgan fingerprint density at radius 1 is 1.22 bits per heavy atom. The third-order valence-corrected chi connectivity index (χ3v) is 5.90. The largest absolute Gasteiger partial charge is 0.469 e. The Hall–Kier alpha value is -2.18. The standard InChI is InChI=1S/C17H16O5S/c1-22-17(19)9-11-6-7-15-12(8-11)10-14(18)13-4-2-3-5-16(13)23(15,20)21/h2-8,14,18H,9-10H2,1H3. The predicted octanol–water partition coefficient (Wildman–Crippen LogP) is 1.82. The van der Waals surface area contributed by atoms with Gasteiger partial charge in [-0.3, -0.25) is 4.79 Å². The molecule has 23 heavy (non-hydrogen) atoms. The second kappa shape index (κ2) is 5.79. The number of sulfone groups is 1. The maximum Gasteiger partial charge on any atom is 0.309 e. The number of fused-ring (bicyclic) bond motifs is 2. The number of esters is 1. The Bertz CT molecular complexity index is 870. The third-order valence-electron chi connectivity index (χ3n) is 3.97. The van der Waals surface area contributed by atoms with E-state index in [1.54, 1.807) is 30.3 Å². The van der Waals surface area contributed by atoms with Crippen molar-refractivity contribution in [2.24, 2.45) is 0 Å². The number of carbonyl (C=O) groups is 1. The van der Waals surface area contributed by atoms with Gasteiger partial charge in [-0.2, -0.15) is 0 Å². The highest BCUT2D eigenvalue weighted by Gasteiger charge is 2.31. The molecule has 120 valence electrons. The Balaban J connectivity index is 2.14. The van der Waals surface area contributed by atoms with E-state index in [4.69, 9.17) is 0 Å². The lowest BCUT2D eigenvalue weighted by Gasteiger charge is -2.10. The molecule has 0 aliphatic carbocycles. The molecule has 2 aromatic carbocycles. The van der Waals surface area contributed by atoms with Crippen LogP contribution < -0.4 is 0 Å². The van der Waals surface area contributed by atoms with Crippen LogP contribution in [0.25, 0.3) is 0 Å². The monoisotopic (exact) mass is 332 g/mol. The van der Waals surface area contributed by atoms with Crippen LogP contribution in [0.2, 0.25) is 0 Å². The van der Waals surface area contributed by atoms with E-state index in [1.807, 2.05) is 0 Å². The van der Waals surface area contributed by atoms with Crippen molar-refractivity contribution in [2.45, 2.75) is 28.7 Å². The smallest absolute Gasteiger partial charge is 0.309 e. The van der Waals surface area contributed by atoms with Crippen LogP contribution in [0.4, 0.5) is 0 Å². The molecule has 0 fully saturated rings. The summed E-state index contributed by atoms with van der Waals surface area (Å²) in [6.07, 6.45) is -0.663. The summed E-state index contributed by atoms with van der Waals surface area (Å²) >= 11 is 0. The van der Waals surface area contributed by atoms with Crippen molar-refractivity contribution in [3.63, 3.8) is 0 Å². The Morgan fingerprint density at radius 2 is 1.96 bits per heavy atom. The van der Waals surface area contributed by atoms with Crippen LogP contribution in [0.1, 0.15) is 22.8 Å². The molecular formula is C17H16O5S. The van der Waals surface area contributed by atoms with Crippen LogP contribution in [0, 0.1) is 0 Å². The van der Waals surface area contributed by atoms with Crippen LogP contribution >= 0.6 is 0 Å². The van der Waals surface area contributed by atoms with Crippen LogP contribution in [0.3, 0.4) is 0 Å². The summed E-state index contributed by atoms with van der Waals surface area (Å²) in [5, 5.41) is 10.4. The number of aliphatic hydroxyl groups is 1. The number of benzene rings is 2. The molecule has 0 aromatic heterocycles. The molecule has 5 nitrogen and oxygen atoms in total. The van der Waals surface area contributed by atoms with E-state index in [-0.39, 0.29) is 22.6 Å². The molecule has 0 spiro atoms. The number of aliphatic hydroxyl groups excluding tert-OH is 1. The third kappa shape index (κ3) is 2.75. The van der Waals surface area contributed by atoms with Gasteiger partial charge in [-0.1, -0.05) is 30.3 Å². The van der Waals surface area contributed by atoms with Crippen molar-refractivity contribution >= 4 is 15.8 Å². The molecule has 1 heterocycles. The number of hydrogen-bond donors (Lipinski definition) is 1. The number of rotatable bonds is 2. The molecule has 1 unspecified atom stereocenters. The topological polar surface area (TPSA) is 80.7 Å². The summed E-state index contributed by atoms with van der Waals surface area (Å²) < 4.78 is 30.3. The Morgan fingerprint density at radius 3 is 2.70 bits per heavy atom. The van der Waals surface area contributed by atoms with Crippen LogP contribution in [-0.2, 0) is 32.2 Å². The molecule has 0 amide bonds. The first kappa shape index (κ1) is 15.7. The van der Waals surface area contributed by atoms with E-state index in [1.165, 1.54) is 19.2 Å². The zero-order valence-electron chi connectivity index (χ0n) is 12.5. The van der Waals surface area contributed by atoms with Gasteiger partial charge in [0.2, 0.25) is 9.84 Å².